The molecule has 6 nitrogen and oxygen atoms in total. The minimum atomic E-state index is -1.47. The Morgan fingerprint density at radius 3 is 1.76 bits per heavy atom. The molecule has 0 fully saturated rings. The van der Waals surface area contributed by atoms with Crippen LogP contribution in [0.25, 0.3) is 0 Å². The number of benzene rings is 1. The van der Waals surface area contributed by atoms with Gasteiger partial charge in [-0.1, -0.05) is 30.3 Å². The van der Waals surface area contributed by atoms with E-state index in [1.807, 2.05) is 30.3 Å². The molecule has 0 radical (unpaired) electrons. The highest BCUT2D eigenvalue weighted by Crippen LogP contribution is 2.01. The van der Waals surface area contributed by atoms with Gasteiger partial charge in [0.05, 0.1) is 0 Å². The van der Waals surface area contributed by atoms with Crippen molar-refractivity contribution in [3.63, 3.8) is 0 Å². The first-order valence-electron chi connectivity index (χ1n) is 6.65. The summed E-state index contributed by atoms with van der Waals surface area (Å²) in [6.45, 7) is 4.21. The standard InChI is InChI=1S/C9H10O.C6H14O5/c1-8(10)7-9-5-3-2-4-6-9;1-3(7)5(9)11-6(10)4(2)8/h2-6H,7H2,1H3;3-10H,1-2H3. The Morgan fingerprint density at radius 2 is 1.43 bits per heavy atom. The summed E-state index contributed by atoms with van der Waals surface area (Å²) in [5.74, 6) is 0.214. The lowest BCUT2D eigenvalue weighted by Crippen LogP contribution is -2.35. The van der Waals surface area contributed by atoms with E-state index in [9.17, 15) is 4.79 Å². The zero-order chi connectivity index (χ0) is 16.4. The van der Waals surface area contributed by atoms with E-state index in [-0.39, 0.29) is 5.78 Å². The SMILES string of the molecule is CC(=O)Cc1ccccc1.CC(O)C(O)OC(O)C(C)O. The topological polar surface area (TPSA) is 107 Å². The molecule has 4 atom stereocenters. The van der Waals surface area contributed by atoms with Crippen LogP contribution in [0.2, 0.25) is 0 Å². The van der Waals surface area contributed by atoms with Crippen molar-refractivity contribution < 1.29 is 30.0 Å². The number of Topliss-reactive ketones (excluding diaryl/α,β-unsaturated/α-hetero) is 1. The largest absolute Gasteiger partial charge is 0.388 e. The Labute approximate surface area is 124 Å². The van der Waals surface area contributed by atoms with Gasteiger partial charge in [0.2, 0.25) is 0 Å². The predicted molar refractivity (Wildman–Crippen MR) is 77.3 cm³/mol. The molecule has 21 heavy (non-hydrogen) atoms. The Kier molecular flexibility index (Phi) is 9.77. The third-order valence-corrected chi connectivity index (χ3v) is 2.40. The average molecular weight is 300 g/mol. The number of rotatable bonds is 6. The zero-order valence-corrected chi connectivity index (χ0v) is 12.5. The van der Waals surface area contributed by atoms with E-state index in [2.05, 4.69) is 4.74 Å². The summed E-state index contributed by atoms with van der Waals surface area (Å²) in [6, 6.07) is 9.75. The van der Waals surface area contributed by atoms with Gasteiger partial charge in [-0.15, -0.1) is 0 Å². The lowest BCUT2D eigenvalue weighted by molar-refractivity contribution is -0.260. The molecule has 0 aliphatic carbocycles. The van der Waals surface area contributed by atoms with Gasteiger partial charge in [-0.2, -0.15) is 0 Å². The quantitative estimate of drug-likeness (QED) is 0.560. The zero-order valence-electron chi connectivity index (χ0n) is 12.5. The summed E-state index contributed by atoms with van der Waals surface area (Å²) in [6.07, 6.45) is -4.58. The highest BCUT2D eigenvalue weighted by Gasteiger charge is 2.19. The third-order valence-electron chi connectivity index (χ3n) is 2.40. The van der Waals surface area contributed by atoms with Crippen LogP contribution in [0.1, 0.15) is 26.3 Å². The summed E-state index contributed by atoms with van der Waals surface area (Å²) in [5.41, 5.74) is 1.09. The van der Waals surface area contributed by atoms with Crippen molar-refractivity contribution in [2.45, 2.75) is 52.0 Å². The number of carbonyl (C=O) groups is 1. The molecule has 6 heteroatoms. The molecular formula is C15H24O6. The van der Waals surface area contributed by atoms with Crippen LogP contribution in [0.15, 0.2) is 30.3 Å². The molecule has 4 unspecified atom stereocenters. The molecule has 0 amide bonds. The van der Waals surface area contributed by atoms with Gasteiger partial charge >= 0.3 is 0 Å². The number of ether oxygens (including phenoxy) is 1. The second-order valence-electron chi connectivity index (χ2n) is 4.76. The van der Waals surface area contributed by atoms with Crippen molar-refractivity contribution >= 4 is 5.78 Å². The predicted octanol–water partition coefficient (Wildman–Crippen LogP) is 0.220. The second-order valence-corrected chi connectivity index (χ2v) is 4.76. The van der Waals surface area contributed by atoms with Gasteiger partial charge in [0.1, 0.15) is 18.0 Å². The molecule has 4 N–H and O–H groups in total. The minimum absolute atomic E-state index is 0.214. The van der Waals surface area contributed by atoms with Gasteiger partial charge in [0.25, 0.3) is 0 Å². The fraction of sp³-hybridized carbons (Fsp3) is 0.533. The number of hydrogen-bond donors (Lipinski definition) is 4. The third kappa shape index (κ3) is 10.1. The Balaban J connectivity index is 0.000000382. The fourth-order valence-corrected chi connectivity index (χ4v) is 1.25. The smallest absolute Gasteiger partial charge is 0.183 e. The number of ketones is 1. The molecule has 120 valence electrons. The van der Waals surface area contributed by atoms with Crippen molar-refractivity contribution in [2.24, 2.45) is 0 Å². The van der Waals surface area contributed by atoms with Crippen LogP contribution >= 0.6 is 0 Å². The molecule has 1 aromatic carbocycles. The molecule has 0 heterocycles. The monoisotopic (exact) mass is 300 g/mol. The maximum atomic E-state index is 10.6. The lowest BCUT2D eigenvalue weighted by atomic mass is 10.1. The van der Waals surface area contributed by atoms with E-state index in [0.29, 0.717) is 6.42 Å². The molecule has 0 aliphatic rings. The molecule has 1 aromatic rings. The van der Waals surface area contributed by atoms with Gasteiger partial charge in [0.15, 0.2) is 12.6 Å². The molecular weight excluding hydrogens is 276 g/mol. The maximum Gasteiger partial charge on any atom is 0.183 e. The van der Waals surface area contributed by atoms with Gasteiger partial charge in [-0.05, 0) is 26.3 Å². The number of aliphatic hydroxyl groups is 4. The summed E-state index contributed by atoms with van der Waals surface area (Å²) in [5, 5.41) is 35.0. The van der Waals surface area contributed by atoms with Crippen LogP contribution < -0.4 is 0 Å². The fourth-order valence-electron chi connectivity index (χ4n) is 1.25. The van der Waals surface area contributed by atoms with Gasteiger partial charge in [-0.25, -0.2) is 0 Å². The van der Waals surface area contributed by atoms with Crippen molar-refractivity contribution in [1.82, 2.24) is 0 Å². The number of carbonyl (C=O) groups excluding carboxylic acids is 1. The summed E-state index contributed by atoms with van der Waals surface area (Å²) in [7, 11) is 0. The molecule has 0 aromatic heterocycles. The van der Waals surface area contributed by atoms with E-state index < -0.39 is 24.8 Å². The van der Waals surface area contributed by atoms with E-state index in [1.54, 1.807) is 6.92 Å². The summed E-state index contributed by atoms with van der Waals surface area (Å²) in [4.78, 5) is 10.6. The molecule has 0 bridgehead atoms. The van der Waals surface area contributed by atoms with Crippen LogP contribution in [0.3, 0.4) is 0 Å². The molecule has 0 spiro atoms. The highest BCUT2D eigenvalue weighted by atomic mass is 16.7. The molecule has 0 saturated carbocycles. The molecule has 0 aliphatic heterocycles. The first-order valence-corrected chi connectivity index (χ1v) is 6.65. The minimum Gasteiger partial charge on any atom is -0.388 e. The van der Waals surface area contributed by atoms with Gasteiger partial charge in [0, 0.05) is 6.42 Å². The Morgan fingerprint density at radius 1 is 1.00 bits per heavy atom. The summed E-state index contributed by atoms with van der Waals surface area (Å²) < 4.78 is 4.38. The van der Waals surface area contributed by atoms with Gasteiger partial charge < -0.3 is 25.2 Å². The van der Waals surface area contributed by atoms with Crippen LogP contribution in [0.5, 0.6) is 0 Å². The Bertz CT molecular complexity index is 378. The lowest BCUT2D eigenvalue weighted by Gasteiger charge is -2.20. The van der Waals surface area contributed by atoms with Gasteiger partial charge in [-0.3, -0.25) is 4.79 Å². The van der Waals surface area contributed by atoms with E-state index >= 15 is 0 Å². The normalized spacial score (nSPS) is 16.1. The highest BCUT2D eigenvalue weighted by molar-refractivity contribution is 5.78. The summed E-state index contributed by atoms with van der Waals surface area (Å²) >= 11 is 0. The van der Waals surface area contributed by atoms with Crippen LogP contribution in [-0.2, 0) is 16.0 Å². The van der Waals surface area contributed by atoms with Crippen LogP contribution in [0.4, 0.5) is 0 Å². The number of aliphatic hydroxyl groups excluding tert-OH is 4. The van der Waals surface area contributed by atoms with Crippen molar-refractivity contribution in [1.29, 1.82) is 0 Å². The van der Waals surface area contributed by atoms with E-state index in [4.69, 9.17) is 20.4 Å². The molecule has 0 saturated heterocycles. The van der Waals surface area contributed by atoms with Crippen molar-refractivity contribution in [3.8, 4) is 0 Å². The van der Waals surface area contributed by atoms with E-state index in [1.165, 1.54) is 13.8 Å². The second kappa shape index (κ2) is 10.4. The molecule has 1 rings (SSSR count). The average Bonchev–Trinajstić information content (AvgIpc) is 2.39. The van der Waals surface area contributed by atoms with Crippen LogP contribution in [-0.4, -0.2) is 51.0 Å². The van der Waals surface area contributed by atoms with Crippen molar-refractivity contribution in [2.75, 3.05) is 0 Å². The number of hydrogen-bond acceptors (Lipinski definition) is 6. The van der Waals surface area contributed by atoms with Crippen LogP contribution in [0, 0.1) is 0 Å². The van der Waals surface area contributed by atoms with Crippen molar-refractivity contribution in [3.05, 3.63) is 35.9 Å². The maximum absolute atomic E-state index is 10.6. The Hall–Kier alpha value is -1.31. The first-order chi connectivity index (χ1) is 9.73. The first kappa shape index (κ1) is 19.7. The van der Waals surface area contributed by atoms with E-state index in [0.717, 1.165) is 5.56 Å².